The molecule has 0 aliphatic carbocycles. The summed E-state index contributed by atoms with van der Waals surface area (Å²) in [6, 6.07) is 9.09. The van der Waals surface area contributed by atoms with E-state index in [1.54, 1.807) is 22.7 Å². The number of nitrogens with one attached hydrogen (secondary N) is 2. The van der Waals surface area contributed by atoms with Crippen molar-refractivity contribution in [3.05, 3.63) is 62.7 Å². The molecule has 0 amide bonds. The molecule has 3 aromatic heterocycles. The largest absolute Gasteiger partial charge is 0.298 e. The number of rotatable bonds is 5. The molecule has 2 N–H and O–H groups in total. The van der Waals surface area contributed by atoms with Gasteiger partial charge in [0.25, 0.3) is 0 Å². The van der Waals surface area contributed by atoms with Gasteiger partial charge in [-0.3, -0.25) is 10.4 Å². The third-order valence-electron chi connectivity index (χ3n) is 3.09. The number of hydrogen-bond acceptors (Lipinski definition) is 4. The zero-order chi connectivity index (χ0) is 13.1. The Morgan fingerprint density at radius 3 is 2.32 bits per heavy atom. The minimum atomic E-state index is 0.255. The summed E-state index contributed by atoms with van der Waals surface area (Å²) in [5.41, 5.74) is 1.18. The fraction of sp³-hybridized carbons (Fsp3) is 0.214. The van der Waals surface area contributed by atoms with Crippen LogP contribution in [0.2, 0.25) is 0 Å². The molecule has 0 spiro atoms. The van der Waals surface area contributed by atoms with Crippen molar-refractivity contribution < 1.29 is 0 Å². The van der Waals surface area contributed by atoms with Gasteiger partial charge in [0.2, 0.25) is 0 Å². The van der Waals surface area contributed by atoms with Gasteiger partial charge in [-0.15, -0.1) is 22.7 Å². The van der Waals surface area contributed by atoms with Gasteiger partial charge in [-0.2, -0.15) is 5.10 Å². The second kappa shape index (κ2) is 5.69. The number of nitrogens with zero attached hydrogens (tertiary/aromatic N) is 1. The monoisotopic (exact) mass is 289 g/mol. The van der Waals surface area contributed by atoms with E-state index in [9.17, 15) is 0 Å². The standard InChI is InChI=1S/C14H15N3S2/c1-10(11-8-15-16-9-11)17-14(12-4-2-6-18-12)13-5-3-7-19-13/h2-10,14,17H,1H3,(H,15,16). The fourth-order valence-corrected chi connectivity index (χ4v) is 3.74. The second-order valence-corrected chi connectivity index (χ2v) is 6.34. The first-order chi connectivity index (χ1) is 9.34. The van der Waals surface area contributed by atoms with E-state index in [1.165, 1.54) is 15.3 Å². The summed E-state index contributed by atoms with van der Waals surface area (Å²) in [7, 11) is 0. The molecule has 98 valence electrons. The Labute approximate surface area is 120 Å². The number of H-pyrrole nitrogens is 1. The van der Waals surface area contributed by atoms with Gasteiger partial charge in [-0.25, -0.2) is 0 Å². The van der Waals surface area contributed by atoms with Crippen molar-refractivity contribution in [2.24, 2.45) is 0 Å². The molecule has 0 fully saturated rings. The highest BCUT2D eigenvalue weighted by Crippen LogP contribution is 2.31. The normalized spacial score (nSPS) is 12.9. The summed E-state index contributed by atoms with van der Waals surface area (Å²) in [4.78, 5) is 2.69. The number of aromatic nitrogens is 2. The van der Waals surface area contributed by atoms with Crippen LogP contribution >= 0.6 is 22.7 Å². The maximum atomic E-state index is 4.02. The molecule has 0 saturated heterocycles. The average Bonchev–Trinajstić information content (AvgIpc) is 3.17. The lowest BCUT2D eigenvalue weighted by Crippen LogP contribution is -2.24. The van der Waals surface area contributed by atoms with Crippen LogP contribution in [0.1, 0.15) is 34.3 Å². The number of thiophene rings is 2. The van der Waals surface area contributed by atoms with E-state index in [1.807, 2.05) is 12.4 Å². The molecule has 0 aromatic carbocycles. The molecule has 1 atom stereocenters. The Balaban J connectivity index is 1.84. The smallest absolute Gasteiger partial charge is 0.0769 e. The average molecular weight is 289 g/mol. The molecule has 3 rings (SSSR count). The Bertz CT molecular complexity index is 550. The van der Waals surface area contributed by atoms with Crippen molar-refractivity contribution in [3.63, 3.8) is 0 Å². The first-order valence-electron chi connectivity index (χ1n) is 6.16. The van der Waals surface area contributed by atoms with E-state index >= 15 is 0 Å². The minimum absolute atomic E-state index is 0.255. The molecular formula is C14H15N3S2. The first kappa shape index (κ1) is 12.6. The quantitative estimate of drug-likeness (QED) is 0.746. The van der Waals surface area contributed by atoms with Crippen LogP contribution in [0.15, 0.2) is 47.4 Å². The molecule has 0 bridgehead atoms. The lowest BCUT2D eigenvalue weighted by molar-refractivity contribution is 0.527. The highest BCUT2D eigenvalue weighted by molar-refractivity contribution is 7.11. The van der Waals surface area contributed by atoms with Gasteiger partial charge >= 0.3 is 0 Å². The molecule has 5 heteroatoms. The lowest BCUT2D eigenvalue weighted by Gasteiger charge is -2.21. The number of hydrogen-bond donors (Lipinski definition) is 2. The van der Waals surface area contributed by atoms with Crippen molar-refractivity contribution >= 4 is 22.7 Å². The second-order valence-electron chi connectivity index (χ2n) is 4.38. The summed E-state index contributed by atoms with van der Waals surface area (Å²) in [6.07, 6.45) is 3.81. The van der Waals surface area contributed by atoms with Gasteiger partial charge in [0, 0.05) is 27.6 Å². The van der Waals surface area contributed by atoms with Crippen molar-refractivity contribution in [1.29, 1.82) is 0 Å². The van der Waals surface area contributed by atoms with Crippen molar-refractivity contribution in [2.75, 3.05) is 0 Å². The van der Waals surface area contributed by atoms with Crippen LogP contribution in [-0.4, -0.2) is 10.2 Å². The first-order valence-corrected chi connectivity index (χ1v) is 7.92. The van der Waals surface area contributed by atoms with E-state index < -0.39 is 0 Å². The Hall–Kier alpha value is -1.43. The van der Waals surface area contributed by atoms with Crippen LogP contribution in [0.3, 0.4) is 0 Å². The summed E-state index contributed by atoms with van der Waals surface area (Å²) >= 11 is 3.58. The Kier molecular flexibility index (Phi) is 3.77. The number of aromatic amines is 1. The van der Waals surface area contributed by atoms with Gasteiger partial charge in [0.1, 0.15) is 0 Å². The SMILES string of the molecule is CC(NC(c1cccs1)c1cccs1)c1cn[nH]c1. The Morgan fingerprint density at radius 1 is 1.16 bits per heavy atom. The van der Waals surface area contributed by atoms with E-state index in [2.05, 4.69) is 57.5 Å². The van der Waals surface area contributed by atoms with Gasteiger partial charge in [-0.1, -0.05) is 12.1 Å². The minimum Gasteiger partial charge on any atom is -0.298 e. The predicted molar refractivity (Wildman–Crippen MR) is 80.6 cm³/mol. The Morgan fingerprint density at radius 2 is 1.84 bits per heavy atom. The molecule has 3 nitrogen and oxygen atoms in total. The van der Waals surface area contributed by atoms with Crippen LogP contribution in [0.4, 0.5) is 0 Å². The topological polar surface area (TPSA) is 40.7 Å². The molecule has 0 saturated carbocycles. The maximum Gasteiger partial charge on any atom is 0.0769 e. The highest BCUT2D eigenvalue weighted by Gasteiger charge is 2.19. The summed E-state index contributed by atoms with van der Waals surface area (Å²) in [5.74, 6) is 0. The third-order valence-corrected chi connectivity index (χ3v) is 4.97. The molecule has 3 aromatic rings. The molecule has 0 radical (unpaired) electrons. The maximum absolute atomic E-state index is 4.02. The van der Waals surface area contributed by atoms with Crippen LogP contribution in [0.25, 0.3) is 0 Å². The van der Waals surface area contributed by atoms with Gasteiger partial charge in [0.15, 0.2) is 0 Å². The van der Waals surface area contributed by atoms with Crippen LogP contribution < -0.4 is 5.32 Å². The van der Waals surface area contributed by atoms with E-state index in [4.69, 9.17) is 0 Å². The fourth-order valence-electron chi connectivity index (χ4n) is 2.06. The van der Waals surface area contributed by atoms with Gasteiger partial charge in [0.05, 0.1) is 12.2 Å². The predicted octanol–water partition coefficient (Wildman–Crippen LogP) is 3.97. The van der Waals surface area contributed by atoms with Crippen molar-refractivity contribution in [2.45, 2.75) is 19.0 Å². The van der Waals surface area contributed by atoms with E-state index in [0.29, 0.717) is 0 Å². The molecule has 3 heterocycles. The van der Waals surface area contributed by atoms with E-state index in [0.717, 1.165) is 0 Å². The molecule has 19 heavy (non-hydrogen) atoms. The molecular weight excluding hydrogens is 274 g/mol. The lowest BCUT2D eigenvalue weighted by atomic mass is 10.1. The summed E-state index contributed by atoms with van der Waals surface area (Å²) in [5, 5.41) is 14.8. The zero-order valence-electron chi connectivity index (χ0n) is 10.5. The summed E-state index contributed by atoms with van der Waals surface area (Å²) < 4.78 is 0. The van der Waals surface area contributed by atoms with Crippen LogP contribution in [0.5, 0.6) is 0 Å². The highest BCUT2D eigenvalue weighted by atomic mass is 32.1. The zero-order valence-corrected chi connectivity index (χ0v) is 12.2. The molecule has 0 aliphatic rings. The van der Waals surface area contributed by atoms with Crippen molar-refractivity contribution in [3.8, 4) is 0 Å². The molecule has 0 aliphatic heterocycles. The van der Waals surface area contributed by atoms with Crippen LogP contribution in [-0.2, 0) is 0 Å². The van der Waals surface area contributed by atoms with Crippen LogP contribution in [0, 0.1) is 0 Å². The van der Waals surface area contributed by atoms with Gasteiger partial charge in [-0.05, 0) is 29.8 Å². The van der Waals surface area contributed by atoms with E-state index in [-0.39, 0.29) is 12.1 Å². The molecule has 1 unspecified atom stereocenters. The van der Waals surface area contributed by atoms with Crippen molar-refractivity contribution in [1.82, 2.24) is 15.5 Å². The summed E-state index contributed by atoms with van der Waals surface area (Å²) in [6.45, 7) is 2.17. The van der Waals surface area contributed by atoms with Gasteiger partial charge < -0.3 is 0 Å². The third kappa shape index (κ3) is 2.78.